The molecule has 0 bridgehead atoms. The van der Waals surface area contributed by atoms with Gasteiger partial charge in [-0.2, -0.15) is 4.98 Å². The van der Waals surface area contributed by atoms with Crippen LogP contribution < -0.4 is 10.6 Å². The van der Waals surface area contributed by atoms with Gasteiger partial charge in [0.05, 0.1) is 4.92 Å². The molecule has 2 amide bonds. The molecule has 1 aliphatic carbocycles. The molecule has 138 valence electrons. The van der Waals surface area contributed by atoms with Crippen molar-refractivity contribution in [1.29, 1.82) is 0 Å². The van der Waals surface area contributed by atoms with Crippen molar-refractivity contribution in [3.05, 3.63) is 46.1 Å². The molecule has 0 spiro atoms. The maximum absolute atomic E-state index is 12.6. The number of hydrogen-bond donors (Lipinski definition) is 2. The van der Waals surface area contributed by atoms with Gasteiger partial charge in [-0.15, -0.1) is 0 Å². The van der Waals surface area contributed by atoms with E-state index in [2.05, 4.69) is 20.8 Å². The number of carbonyl (C=O) groups excluding carboxylic acids is 1. The first kappa shape index (κ1) is 17.8. The summed E-state index contributed by atoms with van der Waals surface area (Å²) in [4.78, 5) is 27.3. The van der Waals surface area contributed by atoms with Crippen molar-refractivity contribution in [1.82, 2.24) is 15.5 Å². The van der Waals surface area contributed by atoms with Gasteiger partial charge >= 0.3 is 6.03 Å². The minimum Gasteiger partial charge on any atom is -0.340 e. The molecule has 3 rings (SSSR count). The fourth-order valence-electron chi connectivity index (χ4n) is 3.31. The molecule has 1 aliphatic rings. The van der Waals surface area contributed by atoms with E-state index in [-0.39, 0.29) is 5.69 Å². The number of non-ortho nitro benzene ring substituents is 1. The molecule has 1 heterocycles. The van der Waals surface area contributed by atoms with E-state index in [9.17, 15) is 14.9 Å². The maximum Gasteiger partial charge on any atom is 0.320 e. The first-order chi connectivity index (χ1) is 12.5. The minimum absolute atomic E-state index is 0.0826. The predicted molar refractivity (Wildman–Crippen MR) is 93.7 cm³/mol. The van der Waals surface area contributed by atoms with Crippen molar-refractivity contribution in [3.8, 4) is 0 Å². The Labute approximate surface area is 150 Å². The Morgan fingerprint density at radius 3 is 2.62 bits per heavy atom. The normalized spacial score (nSPS) is 16.5. The van der Waals surface area contributed by atoms with Gasteiger partial charge in [-0.05, 0) is 18.9 Å². The van der Waals surface area contributed by atoms with Crippen LogP contribution in [0.25, 0.3) is 0 Å². The van der Waals surface area contributed by atoms with E-state index in [0.29, 0.717) is 30.2 Å². The highest BCUT2D eigenvalue weighted by Crippen LogP contribution is 2.34. The smallest absolute Gasteiger partial charge is 0.320 e. The average molecular weight is 359 g/mol. The van der Waals surface area contributed by atoms with Crippen molar-refractivity contribution in [2.45, 2.75) is 51.0 Å². The van der Waals surface area contributed by atoms with E-state index in [1.807, 2.05) is 0 Å². The van der Waals surface area contributed by atoms with Crippen LogP contribution in [0, 0.1) is 17.0 Å². The van der Waals surface area contributed by atoms with E-state index in [1.165, 1.54) is 18.2 Å². The Kier molecular flexibility index (Phi) is 5.15. The number of anilines is 1. The lowest BCUT2D eigenvalue weighted by Crippen LogP contribution is -2.48. The van der Waals surface area contributed by atoms with Crippen LogP contribution in [0.4, 0.5) is 16.2 Å². The summed E-state index contributed by atoms with van der Waals surface area (Å²) >= 11 is 0. The third kappa shape index (κ3) is 3.98. The Bertz CT molecular complexity index is 796. The number of rotatable bonds is 4. The van der Waals surface area contributed by atoms with Crippen molar-refractivity contribution in [2.24, 2.45) is 0 Å². The quantitative estimate of drug-likeness (QED) is 0.488. The molecule has 0 saturated heterocycles. The van der Waals surface area contributed by atoms with Gasteiger partial charge in [0, 0.05) is 24.7 Å². The van der Waals surface area contributed by atoms with Crippen LogP contribution in [0.5, 0.6) is 0 Å². The topological polar surface area (TPSA) is 123 Å². The van der Waals surface area contributed by atoms with E-state index in [1.54, 1.807) is 13.0 Å². The van der Waals surface area contributed by atoms with Crippen LogP contribution in [0.3, 0.4) is 0 Å². The first-order valence-corrected chi connectivity index (χ1v) is 8.63. The highest BCUT2D eigenvalue weighted by molar-refractivity contribution is 5.90. The van der Waals surface area contributed by atoms with Gasteiger partial charge in [-0.25, -0.2) is 4.79 Å². The number of benzene rings is 1. The molecular weight excluding hydrogens is 338 g/mol. The van der Waals surface area contributed by atoms with Gasteiger partial charge in [0.2, 0.25) is 5.89 Å². The van der Waals surface area contributed by atoms with Gasteiger partial charge < -0.3 is 15.2 Å². The molecule has 0 unspecified atom stereocenters. The fraction of sp³-hybridized carbons (Fsp3) is 0.471. The van der Waals surface area contributed by atoms with Gasteiger partial charge in [0.15, 0.2) is 5.82 Å². The second kappa shape index (κ2) is 7.51. The highest BCUT2D eigenvalue weighted by atomic mass is 16.6. The lowest BCUT2D eigenvalue weighted by Gasteiger charge is -2.30. The Morgan fingerprint density at radius 2 is 2.00 bits per heavy atom. The first-order valence-electron chi connectivity index (χ1n) is 8.63. The minimum atomic E-state index is -0.695. The largest absolute Gasteiger partial charge is 0.340 e. The molecule has 1 saturated carbocycles. The number of nitrogens with one attached hydrogen (secondary N) is 2. The second-order valence-electron chi connectivity index (χ2n) is 6.52. The molecule has 2 N–H and O–H groups in total. The summed E-state index contributed by atoms with van der Waals surface area (Å²) in [7, 11) is 0. The van der Waals surface area contributed by atoms with Crippen molar-refractivity contribution in [3.63, 3.8) is 0 Å². The fourth-order valence-corrected chi connectivity index (χ4v) is 3.31. The summed E-state index contributed by atoms with van der Waals surface area (Å²) in [5.74, 6) is 0.926. The molecule has 0 atom stereocenters. The zero-order valence-corrected chi connectivity index (χ0v) is 14.5. The van der Waals surface area contributed by atoms with Crippen molar-refractivity contribution < 1.29 is 14.2 Å². The maximum atomic E-state index is 12.6. The van der Waals surface area contributed by atoms with E-state index in [0.717, 1.165) is 25.7 Å². The summed E-state index contributed by atoms with van der Waals surface area (Å²) in [5.41, 5.74) is -0.426. The van der Waals surface area contributed by atoms with Crippen LogP contribution in [-0.2, 0) is 5.54 Å². The molecule has 2 aromatic rings. The molecule has 1 aromatic carbocycles. The van der Waals surface area contributed by atoms with Crippen LogP contribution in [0.15, 0.2) is 28.8 Å². The number of nitro groups is 1. The lowest BCUT2D eigenvalue weighted by atomic mass is 9.89. The third-order valence-corrected chi connectivity index (χ3v) is 4.58. The van der Waals surface area contributed by atoms with Gasteiger partial charge in [-0.1, -0.05) is 36.9 Å². The van der Waals surface area contributed by atoms with Crippen LogP contribution in [0.2, 0.25) is 0 Å². The van der Waals surface area contributed by atoms with Crippen molar-refractivity contribution >= 4 is 17.4 Å². The van der Waals surface area contributed by atoms with Crippen LogP contribution in [0.1, 0.15) is 50.2 Å². The zero-order chi connectivity index (χ0) is 18.6. The Balaban J connectivity index is 1.79. The average Bonchev–Trinajstić information content (AvgIpc) is 2.91. The summed E-state index contributed by atoms with van der Waals surface area (Å²) in [6.07, 6.45) is 5.51. The third-order valence-electron chi connectivity index (χ3n) is 4.58. The van der Waals surface area contributed by atoms with Crippen LogP contribution >= 0.6 is 0 Å². The second-order valence-corrected chi connectivity index (χ2v) is 6.52. The highest BCUT2D eigenvalue weighted by Gasteiger charge is 2.38. The SMILES string of the molecule is Cc1nc(C2(NC(=O)Nc3cccc([N+](=O)[O-])c3)CCCCCC2)no1. The Morgan fingerprint density at radius 1 is 1.27 bits per heavy atom. The molecule has 0 aliphatic heterocycles. The van der Waals surface area contributed by atoms with Crippen molar-refractivity contribution in [2.75, 3.05) is 5.32 Å². The molecular formula is C17H21N5O4. The molecule has 0 radical (unpaired) electrons. The molecule has 1 fully saturated rings. The number of amides is 2. The number of nitro benzene ring substituents is 1. The van der Waals surface area contributed by atoms with Gasteiger partial charge in [-0.3, -0.25) is 10.1 Å². The molecule has 1 aromatic heterocycles. The summed E-state index contributed by atoms with van der Waals surface area (Å²) in [6, 6.07) is 5.37. The van der Waals surface area contributed by atoms with E-state index in [4.69, 9.17) is 4.52 Å². The Hall–Kier alpha value is -2.97. The summed E-state index contributed by atoms with van der Waals surface area (Å²) in [5, 5.41) is 20.6. The number of urea groups is 1. The molecule has 26 heavy (non-hydrogen) atoms. The lowest BCUT2D eigenvalue weighted by molar-refractivity contribution is -0.384. The van der Waals surface area contributed by atoms with E-state index >= 15 is 0 Å². The summed E-state index contributed by atoms with van der Waals surface area (Å²) < 4.78 is 5.12. The standard InChI is InChI=1S/C17H21N5O4/c1-12-18-15(21-26-12)17(9-4-2-3-5-10-17)20-16(23)19-13-7-6-8-14(11-13)22(24)25/h6-8,11H,2-5,9-10H2,1H3,(H2,19,20,23). The monoisotopic (exact) mass is 359 g/mol. The number of aromatic nitrogens is 2. The number of carbonyl (C=O) groups is 1. The number of aryl methyl sites for hydroxylation is 1. The zero-order valence-electron chi connectivity index (χ0n) is 14.5. The van der Waals surface area contributed by atoms with E-state index < -0.39 is 16.5 Å². The number of nitrogens with zero attached hydrogens (tertiary/aromatic N) is 3. The van der Waals surface area contributed by atoms with Gasteiger partial charge in [0.25, 0.3) is 5.69 Å². The molecule has 9 heteroatoms. The molecule has 9 nitrogen and oxygen atoms in total. The predicted octanol–water partition coefficient (Wildman–Crippen LogP) is 3.66. The van der Waals surface area contributed by atoms with Gasteiger partial charge in [0.1, 0.15) is 5.54 Å². The summed E-state index contributed by atoms with van der Waals surface area (Å²) in [6.45, 7) is 1.71. The van der Waals surface area contributed by atoms with Crippen LogP contribution in [-0.4, -0.2) is 21.1 Å². The number of hydrogen-bond acceptors (Lipinski definition) is 6.